The molecule has 1 aliphatic heterocycles. The predicted octanol–water partition coefficient (Wildman–Crippen LogP) is -3.25. The molecule has 1 rings (SSSR count). The standard InChI is InChI=1S/C9H19N.2ClH.Li/c1-8(2)6-5-7-9(3,4)10-8;;;/h10H,5-7H2,1-4H3;2*1H;/q;;;+1/p-1. The van der Waals surface area contributed by atoms with Crippen LogP contribution >= 0.6 is 12.4 Å². The Hall–Kier alpha value is 1.14. The normalized spacial score (nSPS) is 23.1. The summed E-state index contributed by atoms with van der Waals surface area (Å²) in [5, 5.41) is 3.63. The predicted molar refractivity (Wildman–Crippen MR) is 52.4 cm³/mol. The minimum atomic E-state index is 0. The van der Waals surface area contributed by atoms with Crippen molar-refractivity contribution in [2.45, 2.75) is 58.0 Å². The molecule has 1 aliphatic rings. The van der Waals surface area contributed by atoms with Crippen molar-refractivity contribution in [1.82, 2.24) is 5.32 Å². The van der Waals surface area contributed by atoms with Crippen LogP contribution in [0.5, 0.6) is 0 Å². The van der Waals surface area contributed by atoms with E-state index in [0.717, 1.165) is 0 Å². The van der Waals surface area contributed by atoms with Crippen LogP contribution in [0.25, 0.3) is 0 Å². The van der Waals surface area contributed by atoms with Crippen molar-refractivity contribution in [3.8, 4) is 0 Å². The molecule has 0 radical (unpaired) electrons. The Morgan fingerprint density at radius 1 is 0.923 bits per heavy atom. The minimum absolute atomic E-state index is 0. The summed E-state index contributed by atoms with van der Waals surface area (Å²) in [4.78, 5) is 0. The molecule has 0 aromatic rings. The van der Waals surface area contributed by atoms with E-state index in [4.69, 9.17) is 0 Å². The van der Waals surface area contributed by atoms with Crippen LogP contribution < -0.4 is 36.6 Å². The first kappa shape index (κ1) is 19.7. The van der Waals surface area contributed by atoms with Crippen molar-refractivity contribution < 1.29 is 31.3 Å². The van der Waals surface area contributed by atoms with Crippen molar-refractivity contribution in [1.29, 1.82) is 0 Å². The molecule has 76 valence electrons. The Morgan fingerprint density at radius 3 is 1.38 bits per heavy atom. The van der Waals surface area contributed by atoms with Crippen LogP contribution in [0.4, 0.5) is 0 Å². The van der Waals surface area contributed by atoms with Gasteiger partial charge in [0.05, 0.1) is 0 Å². The number of halogens is 2. The van der Waals surface area contributed by atoms with Gasteiger partial charge in [0.25, 0.3) is 0 Å². The van der Waals surface area contributed by atoms with E-state index in [1.807, 2.05) is 0 Å². The Morgan fingerprint density at radius 2 is 1.23 bits per heavy atom. The minimum Gasteiger partial charge on any atom is -1.00 e. The topological polar surface area (TPSA) is 12.0 Å². The molecule has 0 saturated carbocycles. The van der Waals surface area contributed by atoms with Crippen LogP contribution in [0.15, 0.2) is 0 Å². The zero-order valence-corrected chi connectivity index (χ0v) is 11.0. The van der Waals surface area contributed by atoms with Crippen molar-refractivity contribution in [3.63, 3.8) is 0 Å². The second-order valence-corrected chi connectivity index (χ2v) is 4.75. The fraction of sp³-hybridized carbons (Fsp3) is 1.00. The van der Waals surface area contributed by atoms with Gasteiger partial charge in [-0.3, -0.25) is 0 Å². The number of hydrogen-bond donors (Lipinski definition) is 1. The first-order valence-corrected chi connectivity index (χ1v) is 4.21. The molecule has 0 aromatic carbocycles. The van der Waals surface area contributed by atoms with Gasteiger partial charge in [-0.1, -0.05) is 0 Å². The molecule has 0 spiro atoms. The van der Waals surface area contributed by atoms with E-state index in [0.29, 0.717) is 11.1 Å². The Bertz CT molecular complexity index is 124. The van der Waals surface area contributed by atoms with E-state index in [-0.39, 0.29) is 43.7 Å². The average molecular weight is 220 g/mol. The van der Waals surface area contributed by atoms with Crippen molar-refractivity contribution in [2.75, 3.05) is 0 Å². The van der Waals surface area contributed by atoms with Crippen LogP contribution in [0, 0.1) is 0 Å². The quantitative estimate of drug-likeness (QED) is 0.423. The van der Waals surface area contributed by atoms with Gasteiger partial charge in [-0.05, 0) is 47.0 Å². The number of piperidine rings is 1. The second-order valence-electron chi connectivity index (χ2n) is 4.75. The van der Waals surface area contributed by atoms with Gasteiger partial charge in [0.2, 0.25) is 0 Å². The summed E-state index contributed by atoms with van der Waals surface area (Å²) in [6.07, 6.45) is 4.00. The third-order valence-electron chi connectivity index (χ3n) is 2.28. The number of rotatable bonds is 0. The summed E-state index contributed by atoms with van der Waals surface area (Å²) in [5.41, 5.74) is 0.726. The van der Waals surface area contributed by atoms with Gasteiger partial charge in [0.1, 0.15) is 0 Å². The third kappa shape index (κ3) is 7.11. The maximum Gasteiger partial charge on any atom is 1.00 e. The van der Waals surface area contributed by atoms with Gasteiger partial charge < -0.3 is 17.7 Å². The van der Waals surface area contributed by atoms with Crippen LogP contribution in [0.1, 0.15) is 47.0 Å². The summed E-state index contributed by atoms with van der Waals surface area (Å²) in [5.74, 6) is 0. The Balaban J connectivity index is -0.000000333. The summed E-state index contributed by atoms with van der Waals surface area (Å²) < 4.78 is 0. The molecule has 0 bridgehead atoms. The molecule has 0 aliphatic carbocycles. The summed E-state index contributed by atoms with van der Waals surface area (Å²) >= 11 is 0. The van der Waals surface area contributed by atoms with E-state index in [1.54, 1.807) is 0 Å². The Labute approximate surface area is 107 Å². The van der Waals surface area contributed by atoms with Crippen molar-refractivity contribution in [2.24, 2.45) is 0 Å². The second kappa shape index (κ2) is 6.59. The molecule has 1 saturated heterocycles. The van der Waals surface area contributed by atoms with Crippen LogP contribution in [0.2, 0.25) is 0 Å². The fourth-order valence-corrected chi connectivity index (χ4v) is 2.01. The van der Waals surface area contributed by atoms with Gasteiger partial charge in [-0.2, -0.15) is 0 Å². The van der Waals surface area contributed by atoms with Gasteiger partial charge in [-0.25, -0.2) is 0 Å². The molecular weight excluding hydrogens is 200 g/mol. The van der Waals surface area contributed by atoms with Crippen LogP contribution in [-0.2, 0) is 0 Å². The van der Waals surface area contributed by atoms with Gasteiger partial charge in [0, 0.05) is 11.1 Å². The molecule has 1 heterocycles. The maximum absolute atomic E-state index is 3.63. The molecule has 1 fully saturated rings. The van der Waals surface area contributed by atoms with E-state index >= 15 is 0 Å². The fourth-order valence-electron chi connectivity index (χ4n) is 2.01. The zero-order chi connectivity index (χ0) is 7.83. The summed E-state index contributed by atoms with van der Waals surface area (Å²) in [7, 11) is 0. The first-order chi connectivity index (χ1) is 4.41. The molecule has 1 nitrogen and oxygen atoms in total. The summed E-state index contributed by atoms with van der Waals surface area (Å²) in [6, 6.07) is 0. The third-order valence-corrected chi connectivity index (χ3v) is 2.28. The molecule has 1 N–H and O–H groups in total. The van der Waals surface area contributed by atoms with E-state index < -0.39 is 0 Å². The van der Waals surface area contributed by atoms with E-state index in [1.165, 1.54) is 19.3 Å². The number of hydrogen-bond acceptors (Lipinski definition) is 1. The van der Waals surface area contributed by atoms with Gasteiger partial charge >= 0.3 is 18.9 Å². The van der Waals surface area contributed by atoms with E-state index in [9.17, 15) is 0 Å². The molecule has 0 atom stereocenters. The van der Waals surface area contributed by atoms with Crippen LogP contribution in [0.3, 0.4) is 0 Å². The smallest absolute Gasteiger partial charge is 1.00 e. The maximum atomic E-state index is 3.63. The van der Waals surface area contributed by atoms with Crippen molar-refractivity contribution >= 4 is 12.4 Å². The molecule has 13 heavy (non-hydrogen) atoms. The monoisotopic (exact) mass is 219 g/mol. The molecule has 0 amide bonds. The molecule has 0 unspecified atom stereocenters. The van der Waals surface area contributed by atoms with E-state index in [2.05, 4.69) is 33.0 Å². The van der Waals surface area contributed by atoms with Gasteiger partial charge in [-0.15, -0.1) is 12.4 Å². The van der Waals surface area contributed by atoms with Gasteiger partial charge in [0.15, 0.2) is 0 Å². The average Bonchev–Trinajstić information content (AvgIpc) is 1.56. The SMILES string of the molecule is CC1(C)CCCC(C)(C)N1.Cl.[Cl-].[Li+]. The zero-order valence-electron chi connectivity index (χ0n) is 9.41. The van der Waals surface area contributed by atoms with Crippen LogP contribution in [-0.4, -0.2) is 11.1 Å². The molecular formula is C9H20Cl2LiN. The number of nitrogens with one attached hydrogen (secondary N) is 1. The first-order valence-electron chi connectivity index (χ1n) is 4.21. The van der Waals surface area contributed by atoms with Crippen molar-refractivity contribution in [3.05, 3.63) is 0 Å². The molecule has 0 aromatic heterocycles. The molecule has 4 heteroatoms. The Kier molecular flexibility index (Phi) is 9.97. The summed E-state index contributed by atoms with van der Waals surface area (Å²) in [6.45, 7) is 9.14. The largest absolute Gasteiger partial charge is 1.00 e.